The Labute approximate surface area is 80.8 Å². The first-order chi connectivity index (χ1) is 5.94. The Balaban J connectivity index is 2.61. The van der Waals surface area contributed by atoms with E-state index in [2.05, 4.69) is 6.92 Å². The van der Waals surface area contributed by atoms with Gasteiger partial charge in [-0.2, -0.15) is 0 Å². The zero-order chi connectivity index (χ0) is 10.1. The van der Waals surface area contributed by atoms with Gasteiger partial charge in [-0.15, -0.1) is 0 Å². The number of nitrogens with two attached hydrogens (primary N) is 1. The molecule has 0 heterocycles. The van der Waals surface area contributed by atoms with Crippen molar-refractivity contribution in [3.63, 3.8) is 0 Å². The third kappa shape index (κ3) is 2.05. The Bertz CT molecular complexity index is 267. The maximum atomic E-state index is 11.3. The van der Waals surface area contributed by atoms with Crippen molar-refractivity contribution in [2.45, 2.75) is 50.7 Å². The molecule has 1 saturated carbocycles. The highest BCUT2D eigenvalue weighted by Crippen LogP contribution is 2.49. The molecule has 1 atom stereocenters. The molecule has 0 aliphatic heterocycles. The summed E-state index contributed by atoms with van der Waals surface area (Å²) in [5.74, 6) is 0.224. The summed E-state index contributed by atoms with van der Waals surface area (Å²) in [5, 5.41) is 5.22. The van der Waals surface area contributed by atoms with Crippen LogP contribution >= 0.6 is 0 Å². The first-order valence-corrected chi connectivity index (χ1v) is 6.51. The van der Waals surface area contributed by atoms with Gasteiger partial charge in [-0.1, -0.05) is 26.7 Å². The molecule has 0 spiro atoms. The van der Waals surface area contributed by atoms with Gasteiger partial charge < -0.3 is 0 Å². The van der Waals surface area contributed by atoms with Crippen molar-refractivity contribution >= 4 is 10.0 Å². The average Bonchev–Trinajstić information content (AvgIpc) is 2.78. The monoisotopic (exact) mass is 205 g/mol. The van der Waals surface area contributed by atoms with Crippen LogP contribution in [0.15, 0.2) is 0 Å². The van der Waals surface area contributed by atoms with E-state index in [4.69, 9.17) is 5.14 Å². The van der Waals surface area contributed by atoms with Crippen LogP contribution in [0.3, 0.4) is 0 Å². The summed E-state index contributed by atoms with van der Waals surface area (Å²) in [6.07, 6.45) is 4.71. The lowest BCUT2D eigenvalue weighted by atomic mass is 9.99. The van der Waals surface area contributed by atoms with E-state index in [0.717, 1.165) is 32.1 Å². The predicted molar refractivity (Wildman–Crippen MR) is 53.8 cm³/mol. The molecule has 1 rings (SSSR count). The maximum Gasteiger partial charge on any atom is 0.215 e. The Morgan fingerprint density at radius 1 is 1.46 bits per heavy atom. The minimum atomic E-state index is -3.32. The van der Waals surface area contributed by atoms with Gasteiger partial charge in [0.2, 0.25) is 10.0 Å². The first-order valence-electron chi connectivity index (χ1n) is 4.96. The predicted octanol–water partition coefficient (Wildman–Crippen LogP) is 1.63. The maximum absolute atomic E-state index is 11.3. The molecule has 78 valence electrons. The normalized spacial score (nSPS) is 22.7. The van der Waals surface area contributed by atoms with Crippen molar-refractivity contribution in [3.8, 4) is 0 Å². The molecule has 0 saturated heterocycles. The van der Waals surface area contributed by atoms with Crippen LogP contribution in [-0.2, 0) is 10.0 Å². The summed E-state index contributed by atoms with van der Waals surface area (Å²) in [6.45, 7) is 4.12. The van der Waals surface area contributed by atoms with Gasteiger partial charge in [0.15, 0.2) is 0 Å². The second-order valence-corrected chi connectivity index (χ2v) is 6.06. The van der Waals surface area contributed by atoms with E-state index in [0.29, 0.717) is 0 Å². The number of sulfonamides is 1. The van der Waals surface area contributed by atoms with E-state index in [1.807, 2.05) is 6.92 Å². The van der Waals surface area contributed by atoms with Crippen LogP contribution in [0.5, 0.6) is 0 Å². The van der Waals surface area contributed by atoms with Crippen LogP contribution in [0, 0.1) is 5.92 Å². The molecular formula is C9H19NO2S. The Hall–Kier alpha value is -0.0900. The van der Waals surface area contributed by atoms with Crippen molar-refractivity contribution < 1.29 is 8.42 Å². The summed E-state index contributed by atoms with van der Waals surface area (Å²) in [4.78, 5) is 0. The fourth-order valence-electron chi connectivity index (χ4n) is 1.95. The molecule has 0 aromatic rings. The second-order valence-electron chi connectivity index (χ2n) is 4.15. The Morgan fingerprint density at radius 3 is 2.31 bits per heavy atom. The smallest absolute Gasteiger partial charge is 0.215 e. The lowest BCUT2D eigenvalue weighted by molar-refractivity contribution is 0.451. The molecule has 1 fully saturated rings. The molecule has 0 radical (unpaired) electrons. The van der Waals surface area contributed by atoms with Gasteiger partial charge in [0.25, 0.3) is 0 Å². The number of hydrogen-bond donors (Lipinski definition) is 1. The highest BCUT2D eigenvalue weighted by atomic mass is 32.2. The van der Waals surface area contributed by atoms with Crippen LogP contribution in [0.4, 0.5) is 0 Å². The van der Waals surface area contributed by atoms with Crippen molar-refractivity contribution in [2.75, 3.05) is 0 Å². The van der Waals surface area contributed by atoms with E-state index >= 15 is 0 Å². The number of unbranched alkanes of at least 4 members (excludes halogenated alkanes) is 1. The molecule has 2 N–H and O–H groups in total. The van der Waals surface area contributed by atoms with Crippen LogP contribution < -0.4 is 5.14 Å². The lowest BCUT2D eigenvalue weighted by Gasteiger charge is -2.20. The number of rotatable bonds is 5. The summed E-state index contributed by atoms with van der Waals surface area (Å²) in [7, 11) is -3.32. The molecule has 0 amide bonds. The van der Waals surface area contributed by atoms with E-state index in [-0.39, 0.29) is 5.92 Å². The van der Waals surface area contributed by atoms with Gasteiger partial charge in [0, 0.05) is 0 Å². The van der Waals surface area contributed by atoms with Gasteiger partial charge in [-0.05, 0) is 25.2 Å². The van der Waals surface area contributed by atoms with Crippen molar-refractivity contribution in [3.05, 3.63) is 0 Å². The van der Waals surface area contributed by atoms with Crippen LogP contribution in [-0.4, -0.2) is 13.2 Å². The van der Waals surface area contributed by atoms with Gasteiger partial charge in [-0.25, -0.2) is 13.6 Å². The summed E-state index contributed by atoms with van der Waals surface area (Å²) in [6, 6.07) is 0. The first kappa shape index (κ1) is 11.0. The lowest BCUT2D eigenvalue weighted by Crippen LogP contribution is -2.36. The minimum Gasteiger partial charge on any atom is -0.228 e. The molecule has 1 aliphatic rings. The van der Waals surface area contributed by atoms with Crippen LogP contribution in [0.25, 0.3) is 0 Å². The highest BCUT2D eigenvalue weighted by Gasteiger charge is 2.56. The van der Waals surface area contributed by atoms with Gasteiger partial charge in [0.05, 0.1) is 4.75 Å². The molecule has 0 bridgehead atoms. The SMILES string of the molecule is CCCCC(C)C1(S(N)(=O)=O)CC1. The molecular weight excluding hydrogens is 186 g/mol. The number of hydrogen-bond acceptors (Lipinski definition) is 2. The van der Waals surface area contributed by atoms with E-state index in [9.17, 15) is 8.42 Å². The molecule has 0 aromatic heterocycles. The fourth-order valence-corrected chi connectivity index (χ4v) is 3.30. The zero-order valence-electron chi connectivity index (χ0n) is 8.41. The molecule has 4 heteroatoms. The fraction of sp³-hybridized carbons (Fsp3) is 1.00. The van der Waals surface area contributed by atoms with Crippen molar-refractivity contribution in [1.29, 1.82) is 0 Å². The molecule has 1 aliphatic carbocycles. The van der Waals surface area contributed by atoms with E-state index in [1.54, 1.807) is 0 Å². The Morgan fingerprint density at radius 2 is 2.00 bits per heavy atom. The second kappa shape index (κ2) is 3.58. The summed E-state index contributed by atoms with van der Waals surface area (Å²) in [5.41, 5.74) is 0. The molecule has 0 aromatic carbocycles. The third-order valence-corrected chi connectivity index (χ3v) is 5.14. The number of primary sulfonamides is 1. The largest absolute Gasteiger partial charge is 0.228 e. The van der Waals surface area contributed by atoms with Crippen LogP contribution in [0.2, 0.25) is 0 Å². The molecule has 3 nitrogen and oxygen atoms in total. The molecule has 1 unspecified atom stereocenters. The van der Waals surface area contributed by atoms with Gasteiger partial charge >= 0.3 is 0 Å². The topological polar surface area (TPSA) is 60.2 Å². The Kier molecular flexibility index (Phi) is 3.02. The quantitative estimate of drug-likeness (QED) is 0.741. The third-order valence-electron chi connectivity index (χ3n) is 3.20. The van der Waals surface area contributed by atoms with Gasteiger partial charge in [0.1, 0.15) is 0 Å². The minimum absolute atomic E-state index is 0.224. The van der Waals surface area contributed by atoms with Crippen LogP contribution in [0.1, 0.15) is 46.0 Å². The highest BCUT2D eigenvalue weighted by molar-refractivity contribution is 7.90. The van der Waals surface area contributed by atoms with Gasteiger partial charge in [-0.3, -0.25) is 0 Å². The van der Waals surface area contributed by atoms with E-state index < -0.39 is 14.8 Å². The van der Waals surface area contributed by atoms with E-state index in [1.165, 1.54) is 0 Å². The molecule has 13 heavy (non-hydrogen) atoms. The van der Waals surface area contributed by atoms with Crippen molar-refractivity contribution in [1.82, 2.24) is 0 Å². The zero-order valence-corrected chi connectivity index (χ0v) is 9.23. The summed E-state index contributed by atoms with van der Waals surface area (Å²) < 4.78 is 22.0. The summed E-state index contributed by atoms with van der Waals surface area (Å²) >= 11 is 0. The average molecular weight is 205 g/mol. The standard InChI is InChI=1S/C9H19NO2S/c1-3-4-5-8(2)9(6-7-9)13(10,11)12/h8H,3-7H2,1-2H3,(H2,10,11,12). The van der Waals surface area contributed by atoms with Crippen molar-refractivity contribution in [2.24, 2.45) is 11.1 Å².